The van der Waals surface area contributed by atoms with Crippen LogP contribution >= 0.6 is 0 Å². The fourth-order valence-electron chi connectivity index (χ4n) is 1.40. The molecule has 0 aromatic heterocycles. The standard InChI is InChI=1S/C12H18F2O6/c1-11(2,3)9(12(13,14)10(17)18)20-8(16)6-5-7(15)19-4/h9H,5-6H2,1-4H3,(H,17,18)/p-1. The molecule has 1 atom stereocenters. The molecule has 0 amide bonds. The Hall–Kier alpha value is -1.73. The quantitative estimate of drug-likeness (QED) is 0.654. The fourth-order valence-corrected chi connectivity index (χ4v) is 1.40. The number of rotatable bonds is 6. The zero-order valence-corrected chi connectivity index (χ0v) is 11.7. The number of carboxylic acids is 1. The summed E-state index contributed by atoms with van der Waals surface area (Å²) in [6.07, 6.45) is -3.03. The molecule has 0 aliphatic rings. The Kier molecular flexibility index (Phi) is 6.05. The summed E-state index contributed by atoms with van der Waals surface area (Å²) in [5.41, 5.74) is -1.33. The molecule has 116 valence electrons. The summed E-state index contributed by atoms with van der Waals surface area (Å²) in [6.45, 7) is 3.88. The summed E-state index contributed by atoms with van der Waals surface area (Å²) >= 11 is 0. The molecule has 1 unspecified atom stereocenters. The maximum absolute atomic E-state index is 13.5. The first-order valence-corrected chi connectivity index (χ1v) is 5.78. The van der Waals surface area contributed by atoms with E-state index in [2.05, 4.69) is 9.47 Å². The minimum Gasteiger partial charge on any atom is -0.544 e. The second-order valence-electron chi connectivity index (χ2n) is 5.22. The second kappa shape index (κ2) is 6.62. The zero-order chi connectivity index (χ0) is 16.1. The summed E-state index contributed by atoms with van der Waals surface area (Å²) in [6, 6.07) is 0. The molecule has 0 heterocycles. The summed E-state index contributed by atoms with van der Waals surface area (Å²) in [5.74, 6) is -8.78. The van der Waals surface area contributed by atoms with Crippen molar-refractivity contribution in [3.8, 4) is 0 Å². The lowest BCUT2D eigenvalue weighted by Gasteiger charge is -2.36. The maximum Gasteiger partial charge on any atom is 0.323 e. The highest BCUT2D eigenvalue weighted by atomic mass is 19.3. The molecule has 0 aromatic rings. The first-order valence-electron chi connectivity index (χ1n) is 5.78. The van der Waals surface area contributed by atoms with Gasteiger partial charge in [0.05, 0.1) is 20.0 Å². The molecule has 0 fully saturated rings. The molecule has 6 nitrogen and oxygen atoms in total. The van der Waals surface area contributed by atoms with Gasteiger partial charge >= 0.3 is 17.9 Å². The molecule has 0 saturated carbocycles. The molecule has 20 heavy (non-hydrogen) atoms. The van der Waals surface area contributed by atoms with Crippen LogP contribution < -0.4 is 5.11 Å². The molecule has 0 radical (unpaired) electrons. The van der Waals surface area contributed by atoms with Crippen molar-refractivity contribution in [1.82, 2.24) is 0 Å². The van der Waals surface area contributed by atoms with E-state index in [1.807, 2.05) is 0 Å². The van der Waals surface area contributed by atoms with Gasteiger partial charge in [-0.25, -0.2) is 0 Å². The van der Waals surface area contributed by atoms with Gasteiger partial charge in [0, 0.05) is 5.41 Å². The predicted molar refractivity (Wildman–Crippen MR) is 60.5 cm³/mol. The summed E-state index contributed by atoms with van der Waals surface area (Å²) in [7, 11) is 1.11. The smallest absolute Gasteiger partial charge is 0.323 e. The number of carbonyl (C=O) groups is 3. The number of carboxylic acid groups (broad SMARTS) is 1. The number of methoxy groups -OCH3 is 1. The molecule has 0 saturated heterocycles. The molecular formula is C12H17F2O6-. The van der Waals surface area contributed by atoms with Crippen molar-refractivity contribution in [2.45, 2.75) is 45.6 Å². The van der Waals surface area contributed by atoms with Crippen LogP contribution in [0.1, 0.15) is 33.6 Å². The van der Waals surface area contributed by atoms with E-state index in [0.29, 0.717) is 0 Å². The Labute approximate surface area is 115 Å². The molecule has 0 bridgehead atoms. The van der Waals surface area contributed by atoms with Gasteiger partial charge in [-0.1, -0.05) is 20.8 Å². The number of carbonyl (C=O) groups excluding carboxylic acids is 3. The molecule has 8 heteroatoms. The first-order chi connectivity index (χ1) is 8.92. The Morgan fingerprint density at radius 2 is 1.55 bits per heavy atom. The number of hydrogen-bond acceptors (Lipinski definition) is 6. The number of alkyl halides is 2. The van der Waals surface area contributed by atoms with Crippen molar-refractivity contribution in [3.05, 3.63) is 0 Å². The van der Waals surface area contributed by atoms with Gasteiger partial charge in [-0.2, -0.15) is 8.78 Å². The number of halogens is 2. The van der Waals surface area contributed by atoms with E-state index in [9.17, 15) is 28.3 Å². The van der Waals surface area contributed by atoms with E-state index in [4.69, 9.17) is 0 Å². The average Bonchev–Trinajstić information content (AvgIpc) is 2.30. The summed E-state index contributed by atoms with van der Waals surface area (Å²) in [4.78, 5) is 32.7. The highest BCUT2D eigenvalue weighted by Crippen LogP contribution is 2.35. The van der Waals surface area contributed by atoms with E-state index < -0.39 is 41.8 Å². The molecule has 0 aromatic carbocycles. The molecule has 0 N–H and O–H groups in total. The number of hydrogen-bond donors (Lipinski definition) is 0. The van der Waals surface area contributed by atoms with E-state index in [-0.39, 0.29) is 6.42 Å². The van der Waals surface area contributed by atoms with Gasteiger partial charge in [0.2, 0.25) is 0 Å². The molecule has 0 rings (SSSR count). The summed E-state index contributed by atoms with van der Waals surface area (Å²) in [5, 5.41) is 10.5. The van der Waals surface area contributed by atoms with E-state index in [1.54, 1.807) is 0 Å². The van der Waals surface area contributed by atoms with Crippen LogP contribution in [0.2, 0.25) is 0 Å². The minimum absolute atomic E-state index is 0.344. The van der Waals surface area contributed by atoms with Crippen LogP contribution in [-0.2, 0) is 23.9 Å². The monoisotopic (exact) mass is 295 g/mol. The van der Waals surface area contributed by atoms with Crippen LogP contribution in [-0.4, -0.2) is 37.0 Å². The van der Waals surface area contributed by atoms with Crippen molar-refractivity contribution in [2.24, 2.45) is 5.41 Å². The van der Waals surface area contributed by atoms with E-state index >= 15 is 0 Å². The third-order valence-electron chi connectivity index (χ3n) is 2.40. The van der Waals surface area contributed by atoms with Gasteiger partial charge in [0.25, 0.3) is 0 Å². The van der Waals surface area contributed by atoms with Crippen molar-refractivity contribution in [3.63, 3.8) is 0 Å². The lowest BCUT2D eigenvalue weighted by Crippen LogP contribution is -2.56. The number of ether oxygens (including phenoxy) is 2. The highest BCUT2D eigenvalue weighted by Gasteiger charge is 2.50. The van der Waals surface area contributed by atoms with Gasteiger partial charge in [0.15, 0.2) is 6.10 Å². The third kappa shape index (κ3) is 5.10. The maximum atomic E-state index is 13.5. The van der Waals surface area contributed by atoms with Crippen LogP contribution in [0.5, 0.6) is 0 Å². The van der Waals surface area contributed by atoms with E-state index in [1.165, 1.54) is 20.8 Å². The molecule has 0 spiro atoms. The predicted octanol–water partition coefficient (Wildman–Crippen LogP) is 0.283. The van der Waals surface area contributed by atoms with Gasteiger partial charge < -0.3 is 19.4 Å². The van der Waals surface area contributed by atoms with E-state index in [0.717, 1.165) is 7.11 Å². The van der Waals surface area contributed by atoms with Crippen LogP contribution in [0, 0.1) is 5.41 Å². The molecule has 0 aliphatic carbocycles. The lowest BCUT2D eigenvalue weighted by molar-refractivity contribution is -0.339. The summed E-state index contributed by atoms with van der Waals surface area (Å²) < 4.78 is 35.8. The van der Waals surface area contributed by atoms with Crippen molar-refractivity contribution in [1.29, 1.82) is 0 Å². The second-order valence-corrected chi connectivity index (χ2v) is 5.22. The third-order valence-corrected chi connectivity index (χ3v) is 2.40. The van der Waals surface area contributed by atoms with Crippen molar-refractivity contribution in [2.75, 3.05) is 7.11 Å². The van der Waals surface area contributed by atoms with Gasteiger partial charge in [0.1, 0.15) is 5.97 Å². The van der Waals surface area contributed by atoms with Crippen molar-refractivity contribution < 1.29 is 37.7 Å². The van der Waals surface area contributed by atoms with Gasteiger partial charge in [-0.15, -0.1) is 0 Å². The van der Waals surface area contributed by atoms with Gasteiger partial charge in [-0.05, 0) is 0 Å². The average molecular weight is 295 g/mol. The SMILES string of the molecule is COC(=O)CCC(=O)OC(C(C)(C)C)C(F)(F)C(=O)[O-]. The highest BCUT2D eigenvalue weighted by molar-refractivity contribution is 5.79. The molecule has 0 aliphatic heterocycles. The van der Waals surface area contributed by atoms with Crippen LogP contribution in [0.4, 0.5) is 8.78 Å². The Morgan fingerprint density at radius 1 is 1.10 bits per heavy atom. The van der Waals surface area contributed by atoms with Crippen molar-refractivity contribution >= 4 is 17.9 Å². The zero-order valence-electron chi connectivity index (χ0n) is 11.7. The largest absolute Gasteiger partial charge is 0.544 e. The number of esters is 2. The number of aliphatic carboxylic acids is 1. The topological polar surface area (TPSA) is 92.7 Å². The minimum atomic E-state index is -4.33. The fraction of sp³-hybridized carbons (Fsp3) is 0.750. The van der Waals surface area contributed by atoms with Crippen LogP contribution in [0.15, 0.2) is 0 Å². The van der Waals surface area contributed by atoms with Crippen LogP contribution in [0.25, 0.3) is 0 Å². The lowest BCUT2D eigenvalue weighted by atomic mass is 9.85. The Morgan fingerprint density at radius 3 is 1.90 bits per heavy atom. The normalized spacial score (nSPS) is 13.5. The first kappa shape index (κ1) is 18.3. The van der Waals surface area contributed by atoms with Crippen LogP contribution in [0.3, 0.4) is 0 Å². The van der Waals surface area contributed by atoms with Gasteiger partial charge in [-0.3, -0.25) is 9.59 Å². The molecular weight excluding hydrogens is 278 g/mol. The Balaban J connectivity index is 4.90. The Bertz CT molecular complexity index is 386.